The molecule has 0 saturated carbocycles. The molecule has 0 fully saturated rings. The van der Waals surface area contributed by atoms with Crippen molar-refractivity contribution in [3.63, 3.8) is 0 Å². The smallest absolute Gasteiger partial charge is 0.410 e. The second-order valence-corrected chi connectivity index (χ2v) is 7.54. The van der Waals surface area contributed by atoms with Crippen LogP contribution in [-0.2, 0) is 11.3 Å². The van der Waals surface area contributed by atoms with Crippen LogP contribution < -0.4 is 0 Å². The monoisotopic (exact) mass is 357 g/mol. The number of ether oxygens (including phenoxy) is 1. The van der Waals surface area contributed by atoms with Gasteiger partial charge in [0.15, 0.2) is 11.9 Å². The molecule has 5 nitrogen and oxygen atoms in total. The van der Waals surface area contributed by atoms with Gasteiger partial charge in [0.25, 0.3) is 0 Å². The standard InChI is InChI=1S/C21H31N3O2/c1-15(2)19(26-21(25)24(16(3)4)17(5)6)20-22-12-13-23(20)14-18-10-8-7-9-11-18/h7-13,15-17,19H,14H2,1-6H3. The summed E-state index contributed by atoms with van der Waals surface area (Å²) in [4.78, 5) is 19.0. The molecule has 26 heavy (non-hydrogen) atoms. The highest BCUT2D eigenvalue weighted by molar-refractivity contribution is 5.68. The van der Waals surface area contributed by atoms with Gasteiger partial charge in [0.05, 0.1) is 0 Å². The predicted octanol–water partition coefficient (Wildman–Crippen LogP) is 4.88. The third-order valence-electron chi connectivity index (χ3n) is 4.35. The highest BCUT2D eigenvalue weighted by atomic mass is 16.6. The topological polar surface area (TPSA) is 47.4 Å². The minimum absolute atomic E-state index is 0.0828. The quantitative estimate of drug-likeness (QED) is 0.709. The van der Waals surface area contributed by atoms with Crippen LogP contribution in [0.5, 0.6) is 0 Å². The van der Waals surface area contributed by atoms with Gasteiger partial charge in [0.1, 0.15) is 0 Å². The Labute approximate surface area is 157 Å². The lowest BCUT2D eigenvalue weighted by Gasteiger charge is -2.32. The normalized spacial score (nSPS) is 12.7. The first kappa shape index (κ1) is 20.0. The molecule has 2 aromatic rings. The van der Waals surface area contributed by atoms with E-state index in [1.807, 2.05) is 52.1 Å². The van der Waals surface area contributed by atoms with E-state index in [9.17, 15) is 4.79 Å². The largest absolute Gasteiger partial charge is 0.438 e. The number of hydrogen-bond acceptors (Lipinski definition) is 3. The molecule has 1 aromatic carbocycles. The first-order valence-corrected chi connectivity index (χ1v) is 9.35. The lowest BCUT2D eigenvalue weighted by molar-refractivity contribution is 0.0216. The SMILES string of the molecule is CC(C)C(OC(=O)N(C(C)C)C(C)C)c1nccn1Cc1ccccc1. The van der Waals surface area contributed by atoms with Crippen LogP contribution in [0.1, 0.15) is 59.0 Å². The third-order valence-corrected chi connectivity index (χ3v) is 4.35. The van der Waals surface area contributed by atoms with Crippen molar-refractivity contribution in [2.24, 2.45) is 5.92 Å². The molecule has 0 radical (unpaired) electrons. The van der Waals surface area contributed by atoms with E-state index in [0.717, 1.165) is 5.82 Å². The fourth-order valence-corrected chi connectivity index (χ4v) is 3.17. The number of benzene rings is 1. The predicted molar refractivity (Wildman–Crippen MR) is 104 cm³/mol. The van der Waals surface area contributed by atoms with Gasteiger partial charge in [0.2, 0.25) is 0 Å². The van der Waals surface area contributed by atoms with Gasteiger partial charge in [-0.1, -0.05) is 44.2 Å². The van der Waals surface area contributed by atoms with Crippen molar-refractivity contribution in [3.8, 4) is 0 Å². The van der Waals surface area contributed by atoms with E-state index in [0.29, 0.717) is 6.54 Å². The van der Waals surface area contributed by atoms with Crippen LogP contribution in [-0.4, -0.2) is 32.6 Å². The maximum absolute atomic E-state index is 12.8. The Bertz CT molecular complexity index is 684. The summed E-state index contributed by atoms with van der Waals surface area (Å²) in [6.45, 7) is 12.8. The summed E-state index contributed by atoms with van der Waals surface area (Å²) in [5.41, 5.74) is 1.19. The molecule has 1 amide bonds. The minimum atomic E-state index is -0.388. The van der Waals surface area contributed by atoms with Crippen molar-refractivity contribution < 1.29 is 9.53 Å². The molecule has 1 heterocycles. The molecule has 1 aromatic heterocycles. The number of imidazole rings is 1. The number of hydrogen-bond donors (Lipinski definition) is 0. The number of carbonyl (C=O) groups is 1. The molecule has 5 heteroatoms. The summed E-state index contributed by atoms with van der Waals surface area (Å²) in [7, 11) is 0. The lowest BCUT2D eigenvalue weighted by atomic mass is 10.1. The van der Waals surface area contributed by atoms with Crippen molar-refractivity contribution in [1.82, 2.24) is 14.5 Å². The minimum Gasteiger partial charge on any atom is -0.438 e. The lowest BCUT2D eigenvalue weighted by Crippen LogP contribution is -2.43. The molecule has 2 rings (SSSR count). The zero-order valence-corrected chi connectivity index (χ0v) is 16.7. The first-order valence-electron chi connectivity index (χ1n) is 9.35. The molecule has 0 aliphatic heterocycles. The maximum atomic E-state index is 12.8. The van der Waals surface area contributed by atoms with Crippen molar-refractivity contribution in [2.75, 3.05) is 0 Å². The molecule has 1 unspecified atom stereocenters. The first-order chi connectivity index (χ1) is 12.3. The number of carbonyl (C=O) groups excluding carboxylic acids is 1. The Kier molecular flexibility index (Phi) is 6.83. The van der Waals surface area contributed by atoms with Crippen LogP contribution in [0, 0.1) is 5.92 Å². The van der Waals surface area contributed by atoms with Gasteiger partial charge in [-0.15, -0.1) is 0 Å². The van der Waals surface area contributed by atoms with E-state index in [1.165, 1.54) is 5.56 Å². The van der Waals surface area contributed by atoms with Gasteiger partial charge in [-0.05, 0) is 39.2 Å². The molecular formula is C21H31N3O2. The molecule has 0 bridgehead atoms. The molecule has 0 saturated heterocycles. The second-order valence-electron chi connectivity index (χ2n) is 7.54. The van der Waals surface area contributed by atoms with E-state index in [2.05, 4.69) is 35.5 Å². The van der Waals surface area contributed by atoms with Crippen LogP contribution in [0.25, 0.3) is 0 Å². The van der Waals surface area contributed by atoms with Gasteiger partial charge in [-0.2, -0.15) is 0 Å². The maximum Gasteiger partial charge on any atom is 0.410 e. The van der Waals surface area contributed by atoms with Crippen LogP contribution in [0.15, 0.2) is 42.7 Å². The van der Waals surface area contributed by atoms with E-state index in [1.54, 1.807) is 11.1 Å². The van der Waals surface area contributed by atoms with Crippen LogP contribution in [0.4, 0.5) is 4.79 Å². The summed E-state index contributed by atoms with van der Waals surface area (Å²) in [6.07, 6.45) is 3.03. The van der Waals surface area contributed by atoms with Crippen molar-refractivity contribution in [1.29, 1.82) is 0 Å². The summed E-state index contributed by atoms with van der Waals surface area (Å²) in [6, 6.07) is 10.4. The van der Waals surface area contributed by atoms with Gasteiger partial charge in [-0.3, -0.25) is 0 Å². The molecule has 0 aliphatic carbocycles. The fraction of sp³-hybridized carbons (Fsp3) is 0.524. The number of aromatic nitrogens is 2. The molecule has 0 N–H and O–H groups in total. The van der Waals surface area contributed by atoms with E-state index in [-0.39, 0.29) is 30.2 Å². The number of rotatable bonds is 7. The molecule has 0 spiro atoms. The summed E-state index contributed by atoms with van der Waals surface area (Å²) >= 11 is 0. The molecule has 0 aliphatic rings. The molecular weight excluding hydrogens is 326 g/mol. The average molecular weight is 357 g/mol. The molecule has 142 valence electrons. The summed E-state index contributed by atoms with van der Waals surface area (Å²) in [5, 5.41) is 0. The van der Waals surface area contributed by atoms with Crippen molar-refractivity contribution >= 4 is 6.09 Å². The van der Waals surface area contributed by atoms with Gasteiger partial charge in [0, 0.05) is 31.0 Å². The third kappa shape index (κ3) is 4.87. The van der Waals surface area contributed by atoms with E-state index >= 15 is 0 Å². The van der Waals surface area contributed by atoms with E-state index in [4.69, 9.17) is 4.74 Å². The highest BCUT2D eigenvalue weighted by Crippen LogP contribution is 2.27. The summed E-state index contributed by atoms with van der Waals surface area (Å²) < 4.78 is 7.98. The number of amides is 1. The Hall–Kier alpha value is -2.30. The van der Waals surface area contributed by atoms with Crippen LogP contribution in [0.3, 0.4) is 0 Å². The van der Waals surface area contributed by atoms with Gasteiger partial charge in [-0.25, -0.2) is 9.78 Å². The van der Waals surface area contributed by atoms with Crippen LogP contribution >= 0.6 is 0 Å². The van der Waals surface area contributed by atoms with Crippen LogP contribution in [0.2, 0.25) is 0 Å². The van der Waals surface area contributed by atoms with Crippen molar-refractivity contribution in [2.45, 2.75) is 66.3 Å². The second kappa shape index (κ2) is 8.88. The highest BCUT2D eigenvalue weighted by Gasteiger charge is 2.29. The average Bonchev–Trinajstić information content (AvgIpc) is 3.00. The Morgan fingerprint density at radius 2 is 1.69 bits per heavy atom. The number of nitrogens with zero attached hydrogens (tertiary/aromatic N) is 3. The Morgan fingerprint density at radius 1 is 1.08 bits per heavy atom. The molecule has 1 atom stereocenters. The van der Waals surface area contributed by atoms with Gasteiger partial charge >= 0.3 is 6.09 Å². The Balaban J connectivity index is 2.23. The summed E-state index contributed by atoms with van der Waals surface area (Å²) in [5.74, 6) is 0.904. The van der Waals surface area contributed by atoms with E-state index < -0.39 is 0 Å². The zero-order chi connectivity index (χ0) is 19.3. The van der Waals surface area contributed by atoms with Gasteiger partial charge < -0.3 is 14.2 Å². The fourth-order valence-electron chi connectivity index (χ4n) is 3.17. The van der Waals surface area contributed by atoms with Crippen molar-refractivity contribution in [3.05, 3.63) is 54.1 Å². The zero-order valence-electron chi connectivity index (χ0n) is 16.7. The Morgan fingerprint density at radius 3 is 2.23 bits per heavy atom.